The molecule has 0 saturated heterocycles. The van der Waals surface area contributed by atoms with Crippen LogP contribution in [0.5, 0.6) is 11.5 Å². The number of aryl methyl sites for hydroxylation is 1. The van der Waals surface area contributed by atoms with Crippen molar-refractivity contribution in [2.24, 2.45) is 7.05 Å². The van der Waals surface area contributed by atoms with Crippen molar-refractivity contribution >= 4 is 22.7 Å². The van der Waals surface area contributed by atoms with Crippen molar-refractivity contribution in [2.75, 3.05) is 14.2 Å². The molecule has 0 saturated carbocycles. The molecule has 0 radical (unpaired) electrons. The number of hydrogen-bond acceptors (Lipinski definition) is 6. The van der Waals surface area contributed by atoms with Gasteiger partial charge in [-0.25, -0.2) is 9.36 Å². The van der Waals surface area contributed by atoms with Gasteiger partial charge >= 0.3 is 5.69 Å². The average Bonchev–Trinajstić information content (AvgIpc) is 3.44. The highest BCUT2D eigenvalue weighted by molar-refractivity contribution is 5.82. The Morgan fingerprint density at radius 1 is 1.03 bits per heavy atom. The number of benzene rings is 2. The van der Waals surface area contributed by atoms with Crippen molar-refractivity contribution < 1.29 is 14.3 Å². The van der Waals surface area contributed by atoms with E-state index in [1.807, 2.05) is 47.0 Å². The molecule has 5 aromatic rings. The van der Waals surface area contributed by atoms with Gasteiger partial charge in [-0.1, -0.05) is 30.3 Å². The summed E-state index contributed by atoms with van der Waals surface area (Å²) in [4.78, 5) is 43.5. The minimum Gasteiger partial charge on any atom is -0.497 e. The number of Topliss-reactive ketones (excluding diaryl/α,β-unsaturated/α-hetero) is 1. The predicted molar refractivity (Wildman–Crippen MR) is 135 cm³/mol. The van der Waals surface area contributed by atoms with Crippen LogP contribution in [0.3, 0.4) is 0 Å². The van der Waals surface area contributed by atoms with Crippen LogP contribution in [0.25, 0.3) is 33.9 Å². The SMILES string of the molecule is COc1ccc(-n2c(-c3ccccc3)cn3c4c(=O)n(C(C)C(C)=O)c(=O)n(C)c4nc23)c(OC)c1. The maximum Gasteiger partial charge on any atom is 0.333 e. The Bertz CT molecular complexity index is 1760. The Balaban J connectivity index is 1.95. The summed E-state index contributed by atoms with van der Waals surface area (Å²) in [7, 11) is 4.68. The van der Waals surface area contributed by atoms with Gasteiger partial charge in [0.2, 0.25) is 5.78 Å². The largest absolute Gasteiger partial charge is 0.497 e. The fourth-order valence-corrected chi connectivity index (χ4v) is 4.41. The standard InChI is InChI=1S/C26H25N5O5/c1-15(16(2)32)30-24(33)22-23(28(3)26(30)34)27-25-29(22)14-20(17-9-7-6-8-10-17)31(25)19-12-11-18(35-4)13-21(19)36-5/h6-15H,1-5H3. The molecule has 3 aromatic heterocycles. The molecule has 0 N–H and O–H groups in total. The van der Waals surface area contributed by atoms with Gasteiger partial charge < -0.3 is 9.47 Å². The summed E-state index contributed by atoms with van der Waals surface area (Å²) >= 11 is 0. The van der Waals surface area contributed by atoms with E-state index >= 15 is 0 Å². The Morgan fingerprint density at radius 2 is 1.75 bits per heavy atom. The highest BCUT2D eigenvalue weighted by Crippen LogP contribution is 2.35. The molecule has 0 spiro atoms. The predicted octanol–water partition coefficient (Wildman–Crippen LogP) is 2.97. The molecule has 3 heterocycles. The van der Waals surface area contributed by atoms with Crippen molar-refractivity contribution in [3.63, 3.8) is 0 Å². The fraction of sp³-hybridized carbons (Fsp3) is 0.231. The van der Waals surface area contributed by atoms with Gasteiger partial charge in [0.1, 0.15) is 11.5 Å². The van der Waals surface area contributed by atoms with E-state index in [9.17, 15) is 14.4 Å². The lowest BCUT2D eigenvalue weighted by Crippen LogP contribution is -2.42. The van der Waals surface area contributed by atoms with Gasteiger partial charge in [0.05, 0.1) is 31.6 Å². The van der Waals surface area contributed by atoms with Crippen LogP contribution >= 0.6 is 0 Å². The van der Waals surface area contributed by atoms with Crippen LogP contribution in [0.4, 0.5) is 0 Å². The van der Waals surface area contributed by atoms with E-state index < -0.39 is 17.3 Å². The molecule has 0 amide bonds. The van der Waals surface area contributed by atoms with Gasteiger partial charge in [-0.3, -0.25) is 23.1 Å². The number of imidazole rings is 2. The highest BCUT2D eigenvalue weighted by atomic mass is 16.5. The topological polar surface area (TPSA) is 102 Å². The zero-order valence-electron chi connectivity index (χ0n) is 20.6. The van der Waals surface area contributed by atoms with Gasteiger partial charge in [-0.05, 0) is 26.0 Å². The number of carbonyl (C=O) groups excluding carboxylic acids is 1. The fourth-order valence-electron chi connectivity index (χ4n) is 4.41. The van der Waals surface area contributed by atoms with E-state index in [-0.39, 0.29) is 16.9 Å². The summed E-state index contributed by atoms with van der Waals surface area (Å²) in [6.07, 6.45) is 1.80. The normalized spacial score (nSPS) is 12.2. The second-order valence-electron chi connectivity index (χ2n) is 8.51. The molecule has 1 atom stereocenters. The van der Waals surface area contributed by atoms with Crippen molar-refractivity contribution in [2.45, 2.75) is 19.9 Å². The first-order chi connectivity index (χ1) is 17.3. The van der Waals surface area contributed by atoms with Crippen LogP contribution in [0.2, 0.25) is 0 Å². The summed E-state index contributed by atoms with van der Waals surface area (Å²) in [5.41, 5.74) is 1.54. The quantitative estimate of drug-likeness (QED) is 0.365. The highest BCUT2D eigenvalue weighted by Gasteiger charge is 2.26. The molecule has 2 aromatic carbocycles. The van der Waals surface area contributed by atoms with Crippen molar-refractivity contribution in [3.05, 3.63) is 75.6 Å². The summed E-state index contributed by atoms with van der Waals surface area (Å²) in [6, 6.07) is 14.2. The van der Waals surface area contributed by atoms with Crippen LogP contribution in [-0.2, 0) is 11.8 Å². The molecule has 0 aliphatic carbocycles. The summed E-state index contributed by atoms with van der Waals surface area (Å²) < 4.78 is 16.8. The Kier molecular flexibility index (Phi) is 5.51. The summed E-state index contributed by atoms with van der Waals surface area (Å²) in [6.45, 7) is 2.89. The second kappa shape index (κ2) is 8.56. The molecule has 0 bridgehead atoms. The molecular weight excluding hydrogens is 462 g/mol. The van der Waals surface area contributed by atoms with Gasteiger partial charge in [-0.15, -0.1) is 0 Å². The third-order valence-corrected chi connectivity index (χ3v) is 6.47. The van der Waals surface area contributed by atoms with E-state index in [2.05, 4.69) is 0 Å². The minimum absolute atomic E-state index is 0.198. The molecule has 10 heteroatoms. The van der Waals surface area contributed by atoms with E-state index in [4.69, 9.17) is 14.5 Å². The molecule has 10 nitrogen and oxygen atoms in total. The van der Waals surface area contributed by atoms with Crippen molar-refractivity contribution in [1.82, 2.24) is 23.1 Å². The zero-order chi connectivity index (χ0) is 25.7. The number of carbonyl (C=O) groups is 1. The van der Waals surface area contributed by atoms with Crippen LogP contribution in [0.15, 0.2) is 64.3 Å². The molecule has 184 valence electrons. The number of rotatable bonds is 6. The van der Waals surface area contributed by atoms with Gasteiger partial charge in [-0.2, -0.15) is 4.98 Å². The van der Waals surface area contributed by atoms with Crippen LogP contribution in [0.1, 0.15) is 19.9 Å². The molecule has 5 rings (SSSR count). The third-order valence-electron chi connectivity index (χ3n) is 6.47. The molecule has 36 heavy (non-hydrogen) atoms. The number of fused-ring (bicyclic) bond motifs is 3. The van der Waals surface area contributed by atoms with E-state index in [0.717, 1.165) is 15.8 Å². The summed E-state index contributed by atoms with van der Waals surface area (Å²) in [5, 5.41) is 0. The zero-order valence-corrected chi connectivity index (χ0v) is 20.6. The Hall–Kier alpha value is -4.60. The first-order valence-corrected chi connectivity index (χ1v) is 11.3. The molecule has 1 unspecified atom stereocenters. The van der Waals surface area contributed by atoms with E-state index in [0.29, 0.717) is 23.0 Å². The van der Waals surface area contributed by atoms with E-state index in [1.54, 1.807) is 30.9 Å². The minimum atomic E-state index is -0.913. The average molecular weight is 488 g/mol. The first kappa shape index (κ1) is 23.2. The second-order valence-corrected chi connectivity index (χ2v) is 8.51. The molecule has 0 aliphatic rings. The lowest BCUT2D eigenvalue weighted by atomic mass is 10.1. The van der Waals surface area contributed by atoms with Gasteiger partial charge in [0.25, 0.3) is 5.56 Å². The monoisotopic (exact) mass is 487 g/mol. The van der Waals surface area contributed by atoms with Crippen LogP contribution in [-0.4, -0.2) is 43.1 Å². The van der Waals surface area contributed by atoms with Crippen LogP contribution in [0, 0.1) is 0 Å². The molecule has 0 aliphatic heterocycles. The maximum atomic E-state index is 13.6. The molecule has 0 fully saturated rings. The Morgan fingerprint density at radius 3 is 2.39 bits per heavy atom. The Labute approximate surface area is 205 Å². The van der Waals surface area contributed by atoms with Gasteiger partial charge in [0.15, 0.2) is 16.9 Å². The first-order valence-electron chi connectivity index (χ1n) is 11.3. The lowest BCUT2D eigenvalue weighted by Gasteiger charge is -2.14. The smallest absolute Gasteiger partial charge is 0.333 e. The number of nitrogens with zero attached hydrogens (tertiary/aromatic N) is 5. The van der Waals surface area contributed by atoms with E-state index in [1.165, 1.54) is 25.5 Å². The number of aromatic nitrogens is 5. The summed E-state index contributed by atoms with van der Waals surface area (Å²) in [5.74, 6) is 1.28. The lowest BCUT2D eigenvalue weighted by molar-refractivity contribution is -0.119. The number of methoxy groups -OCH3 is 2. The number of ketones is 1. The number of ether oxygens (including phenoxy) is 2. The van der Waals surface area contributed by atoms with Crippen molar-refractivity contribution in [1.29, 1.82) is 0 Å². The third kappa shape index (κ3) is 3.33. The van der Waals surface area contributed by atoms with Crippen molar-refractivity contribution in [3.8, 4) is 28.4 Å². The molecular formula is C26H25N5O5. The maximum absolute atomic E-state index is 13.6. The van der Waals surface area contributed by atoms with Gasteiger partial charge in [0, 0.05) is 24.9 Å². The number of hydrogen-bond donors (Lipinski definition) is 0. The van der Waals surface area contributed by atoms with Crippen LogP contribution < -0.4 is 20.7 Å².